The molecule has 0 saturated carbocycles. The lowest BCUT2D eigenvalue weighted by atomic mass is 10.1. The summed E-state index contributed by atoms with van der Waals surface area (Å²) in [6.45, 7) is 0. The van der Waals surface area contributed by atoms with Crippen LogP contribution < -0.4 is 4.74 Å². The number of rotatable bonds is 3. The van der Waals surface area contributed by atoms with Crippen LogP contribution in [0.25, 0.3) is 0 Å². The van der Waals surface area contributed by atoms with Crippen LogP contribution in [0.15, 0.2) is 32.5 Å². The summed E-state index contributed by atoms with van der Waals surface area (Å²) in [6, 6.07) is 7.84. The number of thiophene rings is 1. The average molecular weight is 475 g/mol. The molecule has 0 fully saturated rings. The van der Waals surface area contributed by atoms with Crippen LogP contribution in [0.2, 0.25) is 5.02 Å². The molecular weight excluding hydrogens is 467 g/mol. The Morgan fingerprint density at radius 2 is 2.00 bits per heavy atom. The maximum absolute atomic E-state index is 6.10. The van der Waals surface area contributed by atoms with E-state index in [4.69, 9.17) is 16.3 Å². The van der Waals surface area contributed by atoms with Crippen LogP contribution in [0, 0.1) is 0 Å². The summed E-state index contributed by atoms with van der Waals surface area (Å²) < 4.78 is 7.39. The first-order chi connectivity index (χ1) is 8.52. The van der Waals surface area contributed by atoms with E-state index in [1.54, 1.807) is 18.4 Å². The Labute approximate surface area is 140 Å². The Bertz CT molecular complexity index is 570. The fourth-order valence-corrected chi connectivity index (χ4v) is 4.79. The van der Waals surface area contributed by atoms with Crippen LogP contribution in [0.4, 0.5) is 0 Å². The van der Waals surface area contributed by atoms with Crippen molar-refractivity contribution in [1.29, 1.82) is 0 Å². The zero-order valence-electron chi connectivity index (χ0n) is 9.22. The van der Waals surface area contributed by atoms with Crippen molar-refractivity contribution in [3.8, 4) is 5.75 Å². The van der Waals surface area contributed by atoms with Gasteiger partial charge in [0.25, 0.3) is 0 Å². The van der Waals surface area contributed by atoms with Crippen molar-refractivity contribution >= 4 is 70.7 Å². The summed E-state index contributed by atoms with van der Waals surface area (Å²) in [6.07, 6.45) is 0. The number of halogens is 4. The molecule has 0 amide bonds. The van der Waals surface area contributed by atoms with Gasteiger partial charge in [0.05, 0.1) is 20.2 Å². The normalized spacial score (nSPS) is 12.5. The average Bonchev–Trinajstić information content (AvgIpc) is 2.74. The van der Waals surface area contributed by atoms with Crippen LogP contribution in [0.1, 0.15) is 15.3 Å². The molecular formula is C12H8Br3ClOS. The fraction of sp³-hybridized carbons (Fsp3) is 0.167. The minimum absolute atomic E-state index is 0.0544. The molecule has 0 radical (unpaired) electrons. The lowest BCUT2D eigenvalue weighted by Gasteiger charge is -2.15. The Balaban J connectivity index is 2.49. The Hall–Kier alpha value is 0.450. The number of hydrogen-bond donors (Lipinski definition) is 0. The molecule has 0 saturated heterocycles. The van der Waals surface area contributed by atoms with Crippen LogP contribution in [-0.4, -0.2) is 7.11 Å². The second-order valence-electron chi connectivity index (χ2n) is 3.51. The SMILES string of the molecule is COc1c(Br)cc(Cl)cc1C(Br)c1ccc(Br)s1. The second-order valence-corrected chi connectivity index (χ2v) is 8.22. The third kappa shape index (κ3) is 3.12. The molecule has 2 rings (SSSR count). The highest BCUT2D eigenvalue weighted by molar-refractivity contribution is 9.11. The highest BCUT2D eigenvalue weighted by atomic mass is 79.9. The maximum atomic E-state index is 6.10. The third-order valence-corrected chi connectivity index (χ3v) is 6.14. The Kier molecular flexibility index (Phi) is 5.17. The van der Waals surface area contributed by atoms with E-state index in [0.29, 0.717) is 5.02 Å². The molecule has 1 nitrogen and oxygen atoms in total. The van der Waals surface area contributed by atoms with E-state index in [1.165, 1.54) is 4.88 Å². The maximum Gasteiger partial charge on any atom is 0.137 e. The predicted molar refractivity (Wildman–Crippen MR) is 88.5 cm³/mol. The highest BCUT2D eigenvalue weighted by Crippen LogP contribution is 2.44. The van der Waals surface area contributed by atoms with E-state index in [9.17, 15) is 0 Å². The van der Waals surface area contributed by atoms with Gasteiger partial charge in [0.1, 0.15) is 5.75 Å². The Morgan fingerprint density at radius 1 is 1.28 bits per heavy atom. The monoisotopic (exact) mass is 472 g/mol. The molecule has 0 spiro atoms. The first kappa shape index (κ1) is 14.9. The van der Waals surface area contributed by atoms with Crippen LogP contribution in [-0.2, 0) is 0 Å². The minimum Gasteiger partial charge on any atom is -0.495 e. The highest BCUT2D eigenvalue weighted by Gasteiger charge is 2.19. The van der Waals surface area contributed by atoms with Gasteiger partial charge in [-0.3, -0.25) is 0 Å². The van der Waals surface area contributed by atoms with Crippen LogP contribution in [0.3, 0.4) is 0 Å². The first-order valence-electron chi connectivity index (χ1n) is 4.95. The Morgan fingerprint density at radius 3 is 2.56 bits per heavy atom. The van der Waals surface area contributed by atoms with Gasteiger partial charge in [-0.25, -0.2) is 0 Å². The fourth-order valence-electron chi connectivity index (χ4n) is 1.60. The van der Waals surface area contributed by atoms with Gasteiger partial charge in [-0.15, -0.1) is 11.3 Å². The van der Waals surface area contributed by atoms with Gasteiger partial charge < -0.3 is 4.74 Å². The topological polar surface area (TPSA) is 9.23 Å². The van der Waals surface area contributed by atoms with Crippen LogP contribution in [0.5, 0.6) is 5.75 Å². The largest absolute Gasteiger partial charge is 0.495 e. The van der Waals surface area contributed by atoms with Gasteiger partial charge in [-0.05, 0) is 56.1 Å². The first-order valence-corrected chi connectivity index (χ1v) is 8.64. The molecule has 1 unspecified atom stereocenters. The minimum atomic E-state index is 0.0544. The number of methoxy groups -OCH3 is 1. The molecule has 2 aromatic rings. The van der Waals surface area contributed by atoms with E-state index in [-0.39, 0.29) is 4.83 Å². The summed E-state index contributed by atoms with van der Waals surface area (Å²) in [5.74, 6) is 0.797. The molecule has 0 aliphatic carbocycles. The van der Waals surface area contributed by atoms with Crippen LogP contribution >= 0.6 is 70.7 Å². The molecule has 1 atom stereocenters. The third-order valence-electron chi connectivity index (χ3n) is 2.36. The standard InChI is InChI=1S/C12H8Br3ClOS/c1-17-12-7(4-6(16)5-8(12)13)11(15)9-2-3-10(14)18-9/h2-5,11H,1H3. The van der Waals surface area contributed by atoms with Crippen molar-refractivity contribution in [3.05, 3.63) is 48.0 Å². The van der Waals surface area contributed by atoms with E-state index < -0.39 is 0 Å². The zero-order valence-corrected chi connectivity index (χ0v) is 15.5. The molecule has 6 heteroatoms. The molecule has 1 heterocycles. The van der Waals surface area contributed by atoms with Gasteiger partial charge in [0.2, 0.25) is 0 Å². The van der Waals surface area contributed by atoms with Crippen molar-refractivity contribution in [3.63, 3.8) is 0 Å². The van der Waals surface area contributed by atoms with Gasteiger partial charge in [-0.2, -0.15) is 0 Å². The summed E-state index contributed by atoms with van der Waals surface area (Å²) in [7, 11) is 1.65. The van der Waals surface area contributed by atoms with E-state index in [1.807, 2.05) is 18.2 Å². The van der Waals surface area contributed by atoms with Crippen molar-refractivity contribution in [2.75, 3.05) is 7.11 Å². The molecule has 0 aliphatic rings. The lowest BCUT2D eigenvalue weighted by molar-refractivity contribution is 0.408. The zero-order chi connectivity index (χ0) is 13.3. The molecule has 96 valence electrons. The molecule has 0 bridgehead atoms. The summed E-state index contributed by atoms with van der Waals surface area (Å²) in [5.41, 5.74) is 1.01. The predicted octanol–water partition coefficient (Wildman–Crippen LogP) is 6.42. The summed E-state index contributed by atoms with van der Waals surface area (Å²) in [5, 5.41) is 0.678. The summed E-state index contributed by atoms with van der Waals surface area (Å²) in [4.78, 5) is 1.24. The van der Waals surface area contributed by atoms with Gasteiger partial charge >= 0.3 is 0 Å². The lowest BCUT2D eigenvalue weighted by Crippen LogP contribution is -1.96. The summed E-state index contributed by atoms with van der Waals surface area (Å²) >= 11 is 18.4. The number of ether oxygens (including phenoxy) is 1. The molecule has 1 aromatic carbocycles. The van der Waals surface area contributed by atoms with Crippen molar-refractivity contribution in [2.24, 2.45) is 0 Å². The van der Waals surface area contributed by atoms with Gasteiger partial charge in [0.15, 0.2) is 0 Å². The smallest absolute Gasteiger partial charge is 0.137 e. The molecule has 0 N–H and O–H groups in total. The van der Waals surface area contributed by atoms with Crippen molar-refractivity contribution < 1.29 is 4.74 Å². The molecule has 0 aliphatic heterocycles. The number of benzene rings is 1. The van der Waals surface area contributed by atoms with Crippen molar-refractivity contribution in [1.82, 2.24) is 0 Å². The van der Waals surface area contributed by atoms with E-state index in [2.05, 4.69) is 53.9 Å². The van der Waals surface area contributed by atoms with E-state index >= 15 is 0 Å². The second kappa shape index (κ2) is 6.27. The van der Waals surface area contributed by atoms with Gasteiger partial charge in [0, 0.05) is 15.5 Å². The molecule has 18 heavy (non-hydrogen) atoms. The quantitative estimate of drug-likeness (QED) is 0.466. The number of alkyl halides is 1. The molecule has 1 aromatic heterocycles. The number of hydrogen-bond acceptors (Lipinski definition) is 2. The van der Waals surface area contributed by atoms with Crippen molar-refractivity contribution in [2.45, 2.75) is 4.83 Å². The van der Waals surface area contributed by atoms with Gasteiger partial charge in [-0.1, -0.05) is 27.5 Å². The van der Waals surface area contributed by atoms with E-state index in [0.717, 1.165) is 19.6 Å².